The van der Waals surface area contributed by atoms with E-state index < -0.39 is 0 Å². The average molecular weight is 332 g/mol. The third kappa shape index (κ3) is 1.34. The summed E-state index contributed by atoms with van der Waals surface area (Å²) in [5.74, 6) is 0. The number of aryl methyl sites for hydroxylation is 1. The van der Waals surface area contributed by atoms with Crippen molar-refractivity contribution in [3.05, 3.63) is 71.6 Å². The van der Waals surface area contributed by atoms with E-state index in [4.69, 9.17) is 0 Å². The fraction of sp³-hybridized carbons (Fsp3) is 0.0833. The Morgan fingerprint density at radius 1 is 0.731 bits per heavy atom. The molecule has 3 aromatic carbocycles. The number of hydrogen-bond donors (Lipinski definition) is 1. The second kappa shape index (κ2) is 4.28. The third-order valence-corrected chi connectivity index (χ3v) is 6.12. The molecule has 0 saturated carbocycles. The van der Waals surface area contributed by atoms with Gasteiger partial charge in [-0.3, -0.25) is 0 Å². The van der Waals surface area contributed by atoms with Crippen LogP contribution in [0, 0.1) is 0 Å². The first-order valence-corrected chi connectivity index (χ1v) is 9.29. The predicted octanol–water partition coefficient (Wildman–Crippen LogP) is 5.33. The normalized spacial score (nSPS) is 14.2. The van der Waals surface area contributed by atoms with E-state index in [0.717, 1.165) is 12.8 Å². The molecule has 0 bridgehead atoms. The van der Waals surface area contributed by atoms with Gasteiger partial charge in [0.15, 0.2) is 0 Å². The molecule has 122 valence electrons. The highest BCUT2D eigenvalue weighted by molar-refractivity contribution is 6.20. The van der Waals surface area contributed by atoms with E-state index in [1.807, 2.05) is 0 Å². The SMILES string of the molecule is C1=c2c3cccc4c5ccccc5n(c5cccc6[nH]c(c2c65)CC1)c34. The number of aromatic nitrogens is 2. The molecule has 0 spiro atoms. The number of H-pyrrole nitrogens is 1. The number of nitrogens with zero attached hydrogens (tertiary/aromatic N) is 1. The Labute approximate surface area is 149 Å². The zero-order valence-corrected chi connectivity index (χ0v) is 14.2. The maximum Gasteiger partial charge on any atom is 0.0619 e. The maximum atomic E-state index is 3.70. The van der Waals surface area contributed by atoms with Crippen LogP contribution >= 0.6 is 0 Å². The van der Waals surface area contributed by atoms with Crippen LogP contribution in [0.2, 0.25) is 0 Å². The molecule has 0 fully saturated rings. The standard InChI is InChI=1S/C24H16N2/c1-2-12-20-14(6-1)16-8-3-9-17-15-7-4-10-18-22(15)23-19(25-18)11-5-13-21(23)26(20)24(16)17/h1-3,5-9,11-13,25H,4,10H2. The Morgan fingerprint density at radius 3 is 2.54 bits per heavy atom. The first-order chi connectivity index (χ1) is 12.9. The van der Waals surface area contributed by atoms with Gasteiger partial charge < -0.3 is 9.38 Å². The van der Waals surface area contributed by atoms with Crippen LogP contribution in [0.1, 0.15) is 12.1 Å². The first kappa shape index (κ1) is 13.0. The molecule has 3 heterocycles. The average Bonchev–Trinajstić information content (AvgIpc) is 3.19. The van der Waals surface area contributed by atoms with Crippen molar-refractivity contribution in [2.24, 2.45) is 0 Å². The summed E-state index contributed by atoms with van der Waals surface area (Å²) in [4.78, 5) is 3.70. The maximum absolute atomic E-state index is 3.70. The van der Waals surface area contributed by atoms with Gasteiger partial charge in [0, 0.05) is 38.1 Å². The Morgan fingerprint density at radius 2 is 1.54 bits per heavy atom. The number of hydrogen-bond acceptors (Lipinski definition) is 0. The summed E-state index contributed by atoms with van der Waals surface area (Å²) >= 11 is 0. The molecule has 26 heavy (non-hydrogen) atoms. The summed E-state index contributed by atoms with van der Waals surface area (Å²) in [5, 5.41) is 8.22. The van der Waals surface area contributed by atoms with Crippen LogP contribution in [0.5, 0.6) is 0 Å². The number of benzene rings is 3. The molecule has 0 amide bonds. The van der Waals surface area contributed by atoms with Crippen molar-refractivity contribution in [2.75, 3.05) is 0 Å². The molecule has 0 saturated heterocycles. The summed E-state index contributed by atoms with van der Waals surface area (Å²) in [7, 11) is 0. The van der Waals surface area contributed by atoms with Gasteiger partial charge in [-0.25, -0.2) is 0 Å². The van der Waals surface area contributed by atoms with Gasteiger partial charge in [-0.05, 0) is 36.3 Å². The van der Waals surface area contributed by atoms with Crippen molar-refractivity contribution >= 4 is 55.1 Å². The topological polar surface area (TPSA) is 20.2 Å². The molecular weight excluding hydrogens is 316 g/mol. The van der Waals surface area contributed by atoms with Crippen LogP contribution in [-0.4, -0.2) is 9.38 Å². The van der Waals surface area contributed by atoms with Crippen molar-refractivity contribution in [1.82, 2.24) is 9.38 Å². The molecule has 7 rings (SSSR count). The molecule has 3 aromatic heterocycles. The minimum absolute atomic E-state index is 1.10. The lowest BCUT2D eigenvalue weighted by Crippen LogP contribution is -2.07. The van der Waals surface area contributed by atoms with E-state index in [1.165, 1.54) is 59.9 Å². The summed E-state index contributed by atoms with van der Waals surface area (Å²) in [6.45, 7) is 0. The second-order valence-electron chi connectivity index (χ2n) is 7.39. The molecule has 6 aromatic rings. The minimum Gasteiger partial charge on any atom is -0.358 e. The Bertz CT molecular complexity index is 1580. The molecule has 0 unspecified atom stereocenters. The fourth-order valence-corrected chi connectivity index (χ4v) is 5.15. The van der Waals surface area contributed by atoms with Crippen LogP contribution in [-0.2, 0) is 6.42 Å². The van der Waals surface area contributed by atoms with Crippen molar-refractivity contribution in [3.8, 4) is 0 Å². The molecule has 1 aliphatic rings. The van der Waals surface area contributed by atoms with Crippen LogP contribution < -0.4 is 5.22 Å². The van der Waals surface area contributed by atoms with Gasteiger partial charge in [-0.2, -0.15) is 0 Å². The quantitative estimate of drug-likeness (QED) is 0.388. The summed E-state index contributed by atoms with van der Waals surface area (Å²) in [5.41, 5.74) is 6.56. The Balaban J connectivity index is 2.05. The highest BCUT2D eigenvalue weighted by atomic mass is 14.9. The van der Waals surface area contributed by atoms with E-state index in [-0.39, 0.29) is 0 Å². The smallest absolute Gasteiger partial charge is 0.0619 e. The molecule has 1 aliphatic carbocycles. The fourth-order valence-electron chi connectivity index (χ4n) is 5.15. The van der Waals surface area contributed by atoms with E-state index >= 15 is 0 Å². The van der Waals surface area contributed by atoms with Gasteiger partial charge in [-0.15, -0.1) is 0 Å². The van der Waals surface area contributed by atoms with Crippen molar-refractivity contribution in [2.45, 2.75) is 12.8 Å². The third-order valence-electron chi connectivity index (χ3n) is 6.12. The van der Waals surface area contributed by atoms with E-state index in [2.05, 4.69) is 76.1 Å². The lowest BCUT2D eigenvalue weighted by Gasteiger charge is -2.04. The molecule has 2 heteroatoms. The summed E-state index contributed by atoms with van der Waals surface area (Å²) < 4.78 is 2.48. The highest BCUT2D eigenvalue weighted by Crippen LogP contribution is 2.36. The molecule has 0 radical (unpaired) electrons. The van der Waals surface area contributed by atoms with Gasteiger partial charge in [-0.1, -0.05) is 48.5 Å². The summed E-state index contributed by atoms with van der Waals surface area (Å²) in [6, 6.07) is 22.2. The number of rotatable bonds is 0. The molecule has 0 aliphatic heterocycles. The zero-order valence-electron chi connectivity index (χ0n) is 14.2. The lowest BCUT2D eigenvalue weighted by molar-refractivity contribution is 0.993. The van der Waals surface area contributed by atoms with Crippen molar-refractivity contribution < 1.29 is 0 Å². The number of para-hydroxylation sites is 2. The Hall–Kier alpha value is -3.26. The van der Waals surface area contributed by atoms with Crippen LogP contribution in [0.15, 0.2) is 60.7 Å². The van der Waals surface area contributed by atoms with Crippen molar-refractivity contribution in [3.63, 3.8) is 0 Å². The highest BCUT2D eigenvalue weighted by Gasteiger charge is 2.19. The number of aromatic amines is 1. The van der Waals surface area contributed by atoms with E-state index in [0.29, 0.717) is 0 Å². The predicted molar refractivity (Wildman–Crippen MR) is 110 cm³/mol. The monoisotopic (exact) mass is 332 g/mol. The zero-order chi connectivity index (χ0) is 16.8. The number of nitrogens with one attached hydrogen (secondary N) is 1. The molecular formula is C24H16N2. The molecule has 1 N–H and O–H groups in total. The summed E-state index contributed by atoms with van der Waals surface area (Å²) in [6.07, 6.45) is 4.63. The van der Waals surface area contributed by atoms with Crippen LogP contribution in [0.4, 0.5) is 0 Å². The van der Waals surface area contributed by atoms with E-state index in [9.17, 15) is 0 Å². The minimum atomic E-state index is 1.10. The van der Waals surface area contributed by atoms with Gasteiger partial charge in [0.25, 0.3) is 0 Å². The van der Waals surface area contributed by atoms with Gasteiger partial charge in [0.2, 0.25) is 0 Å². The number of fused-ring (bicyclic) bond motifs is 5. The van der Waals surface area contributed by atoms with Crippen LogP contribution in [0.3, 0.4) is 0 Å². The molecule has 0 atom stereocenters. The van der Waals surface area contributed by atoms with Gasteiger partial charge in [0.1, 0.15) is 0 Å². The Kier molecular flexibility index (Phi) is 2.14. The van der Waals surface area contributed by atoms with Crippen molar-refractivity contribution in [1.29, 1.82) is 0 Å². The first-order valence-electron chi connectivity index (χ1n) is 9.29. The van der Waals surface area contributed by atoms with Crippen LogP contribution in [0.25, 0.3) is 55.1 Å². The largest absolute Gasteiger partial charge is 0.358 e. The molecule has 2 nitrogen and oxygen atoms in total. The lowest BCUT2D eigenvalue weighted by atomic mass is 10.00. The van der Waals surface area contributed by atoms with Gasteiger partial charge in [0.05, 0.1) is 16.6 Å². The van der Waals surface area contributed by atoms with Gasteiger partial charge >= 0.3 is 0 Å². The van der Waals surface area contributed by atoms with E-state index in [1.54, 1.807) is 0 Å². The second-order valence-corrected chi connectivity index (χ2v) is 7.39.